The van der Waals surface area contributed by atoms with Crippen LogP contribution in [0.25, 0.3) is 11.0 Å². The van der Waals surface area contributed by atoms with Crippen molar-refractivity contribution in [1.29, 1.82) is 0 Å². The molecule has 5 nitrogen and oxygen atoms in total. The van der Waals surface area contributed by atoms with E-state index < -0.39 is 0 Å². The second-order valence-electron chi connectivity index (χ2n) is 8.62. The average Bonchev–Trinajstić information content (AvgIpc) is 3.24. The van der Waals surface area contributed by atoms with E-state index in [0.29, 0.717) is 24.6 Å². The number of aryl methyl sites for hydroxylation is 1. The van der Waals surface area contributed by atoms with Crippen molar-refractivity contribution >= 4 is 16.9 Å². The first-order valence-electron chi connectivity index (χ1n) is 12.2. The molecule has 0 aliphatic carbocycles. The molecule has 0 saturated heterocycles. The molecule has 1 unspecified atom stereocenters. The molecular weight excluding hydrogens is 422 g/mol. The Morgan fingerprint density at radius 3 is 2.50 bits per heavy atom. The molecule has 176 valence electrons. The number of carbonyl (C=O) groups is 1. The predicted octanol–water partition coefficient (Wildman–Crippen LogP) is 5.99. The molecule has 1 heterocycles. The lowest BCUT2D eigenvalue weighted by Crippen LogP contribution is -2.25. The highest BCUT2D eigenvalue weighted by Gasteiger charge is 2.11. The number of rotatable bonds is 11. The smallest absolute Gasteiger partial charge is 0.251 e. The first kappa shape index (κ1) is 23.6. The van der Waals surface area contributed by atoms with Gasteiger partial charge in [0.2, 0.25) is 0 Å². The van der Waals surface area contributed by atoms with Crippen molar-refractivity contribution in [2.24, 2.45) is 0 Å². The number of aromatic nitrogens is 2. The van der Waals surface area contributed by atoms with E-state index in [1.807, 2.05) is 48.5 Å². The van der Waals surface area contributed by atoms with Crippen LogP contribution in [-0.4, -0.2) is 28.6 Å². The van der Waals surface area contributed by atoms with Gasteiger partial charge in [0.05, 0.1) is 17.6 Å². The SMILES string of the molecule is CCC(C)c1ccc(OCCn2c(CCCNC(=O)c3ccccc3)nc3ccccc32)cc1. The monoisotopic (exact) mass is 455 g/mol. The highest BCUT2D eigenvalue weighted by atomic mass is 16.5. The second kappa shape index (κ2) is 11.5. The van der Waals surface area contributed by atoms with Crippen LogP contribution in [0.3, 0.4) is 0 Å². The average molecular weight is 456 g/mol. The second-order valence-corrected chi connectivity index (χ2v) is 8.62. The maximum absolute atomic E-state index is 12.3. The molecule has 3 aromatic carbocycles. The van der Waals surface area contributed by atoms with Gasteiger partial charge in [-0.3, -0.25) is 4.79 Å². The van der Waals surface area contributed by atoms with Crippen LogP contribution < -0.4 is 10.1 Å². The van der Waals surface area contributed by atoms with Crippen LogP contribution in [0.1, 0.15) is 54.4 Å². The normalized spacial score (nSPS) is 11.9. The molecule has 0 aliphatic heterocycles. The summed E-state index contributed by atoms with van der Waals surface area (Å²) in [5.41, 5.74) is 4.13. The lowest BCUT2D eigenvalue weighted by Gasteiger charge is -2.13. The number of nitrogens with one attached hydrogen (secondary N) is 1. The number of ether oxygens (including phenoxy) is 1. The quantitative estimate of drug-likeness (QED) is 0.283. The number of para-hydroxylation sites is 2. The van der Waals surface area contributed by atoms with Gasteiger partial charge in [0.1, 0.15) is 18.2 Å². The molecule has 1 N–H and O–H groups in total. The molecule has 1 atom stereocenters. The van der Waals surface area contributed by atoms with Crippen LogP contribution in [0, 0.1) is 0 Å². The van der Waals surface area contributed by atoms with Crippen LogP contribution >= 0.6 is 0 Å². The zero-order valence-corrected chi connectivity index (χ0v) is 20.0. The lowest BCUT2D eigenvalue weighted by molar-refractivity contribution is 0.0953. The lowest BCUT2D eigenvalue weighted by atomic mass is 9.99. The van der Waals surface area contributed by atoms with Gasteiger partial charge in [0, 0.05) is 18.5 Å². The Morgan fingerprint density at radius 1 is 1.00 bits per heavy atom. The molecule has 4 rings (SSSR count). The molecular formula is C29H33N3O2. The largest absolute Gasteiger partial charge is 0.492 e. The third-order valence-corrected chi connectivity index (χ3v) is 6.28. The molecule has 4 aromatic rings. The third kappa shape index (κ3) is 5.84. The Balaban J connectivity index is 1.35. The Labute approximate surface area is 201 Å². The van der Waals surface area contributed by atoms with E-state index in [1.165, 1.54) is 5.56 Å². The van der Waals surface area contributed by atoms with Crippen LogP contribution in [0.15, 0.2) is 78.9 Å². The van der Waals surface area contributed by atoms with Gasteiger partial charge in [0.25, 0.3) is 5.91 Å². The number of amides is 1. The predicted molar refractivity (Wildman–Crippen MR) is 137 cm³/mol. The van der Waals surface area contributed by atoms with Gasteiger partial charge in [-0.25, -0.2) is 4.98 Å². The van der Waals surface area contributed by atoms with Gasteiger partial charge < -0.3 is 14.6 Å². The Morgan fingerprint density at radius 2 is 1.74 bits per heavy atom. The fraction of sp³-hybridized carbons (Fsp3) is 0.310. The minimum absolute atomic E-state index is 0.0400. The minimum Gasteiger partial charge on any atom is -0.492 e. The summed E-state index contributed by atoms with van der Waals surface area (Å²) < 4.78 is 8.29. The number of fused-ring (bicyclic) bond motifs is 1. The molecule has 1 aromatic heterocycles. The summed E-state index contributed by atoms with van der Waals surface area (Å²) in [4.78, 5) is 17.1. The summed E-state index contributed by atoms with van der Waals surface area (Å²) in [5, 5.41) is 3.00. The van der Waals surface area contributed by atoms with E-state index in [4.69, 9.17) is 9.72 Å². The number of carbonyl (C=O) groups excluding carboxylic acids is 1. The van der Waals surface area contributed by atoms with Crippen molar-refractivity contribution in [2.45, 2.75) is 45.6 Å². The van der Waals surface area contributed by atoms with E-state index in [2.05, 4.69) is 54.1 Å². The standard InChI is InChI=1S/C29H33N3O2/c1-3-22(2)23-15-17-25(18-16-23)34-21-20-32-27-13-8-7-12-26(27)31-28(32)14-9-19-30-29(33)24-10-5-4-6-11-24/h4-8,10-13,15-18,22H,3,9,14,19-21H2,1-2H3,(H,30,33). The van der Waals surface area contributed by atoms with Crippen molar-refractivity contribution in [3.8, 4) is 5.75 Å². The van der Waals surface area contributed by atoms with Crippen molar-refractivity contribution in [3.05, 3.63) is 95.8 Å². The molecule has 0 bridgehead atoms. The van der Waals surface area contributed by atoms with Crippen LogP contribution in [0.4, 0.5) is 0 Å². The minimum atomic E-state index is -0.0400. The summed E-state index contributed by atoms with van der Waals surface area (Å²) in [7, 11) is 0. The maximum Gasteiger partial charge on any atom is 0.251 e. The zero-order chi connectivity index (χ0) is 23.8. The number of nitrogens with zero attached hydrogens (tertiary/aromatic N) is 2. The maximum atomic E-state index is 12.3. The Kier molecular flexibility index (Phi) is 7.97. The molecule has 0 aliphatic rings. The molecule has 0 saturated carbocycles. The number of benzene rings is 3. The molecule has 5 heteroatoms. The molecule has 0 fully saturated rings. The highest BCUT2D eigenvalue weighted by Crippen LogP contribution is 2.22. The number of hydrogen-bond donors (Lipinski definition) is 1. The third-order valence-electron chi connectivity index (χ3n) is 6.28. The van der Waals surface area contributed by atoms with Gasteiger partial charge >= 0.3 is 0 Å². The van der Waals surface area contributed by atoms with Crippen molar-refractivity contribution < 1.29 is 9.53 Å². The number of hydrogen-bond acceptors (Lipinski definition) is 3. The van der Waals surface area contributed by atoms with E-state index in [9.17, 15) is 4.79 Å². The van der Waals surface area contributed by atoms with Crippen molar-refractivity contribution in [1.82, 2.24) is 14.9 Å². The summed E-state index contributed by atoms with van der Waals surface area (Å²) in [6.45, 7) is 6.35. The van der Waals surface area contributed by atoms with Crippen LogP contribution in [0.5, 0.6) is 5.75 Å². The topological polar surface area (TPSA) is 56.1 Å². The fourth-order valence-electron chi connectivity index (χ4n) is 4.09. The fourth-order valence-corrected chi connectivity index (χ4v) is 4.09. The molecule has 0 radical (unpaired) electrons. The molecule has 0 spiro atoms. The van der Waals surface area contributed by atoms with Gasteiger partial charge in [-0.15, -0.1) is 0 Å². The van der Waals surface area contributed by atoms with Crippen molar-refractivity contribution in [2.75, 3.05) is 13.2 Å². The van der Waals surface area contributed by atoms with Gasteiger partial charge in [-0.05, 0) is 60.7 Å². The van der Waals surface area contributed by atoms with Crippen LogP contribution in [-0.2, 0) is 13.0 Å². The summed E-state index contributed by atoms with van der Waals surface area (Å²) >= 11 is 0. The first-order chi connectivity index (χ1) is 16.7. The number of imidazole rings is 1. The molecule has 1 amide bonds. The van der Waals surface area contributed by atoms with Gasteiger partial charge in [-0.2, -0.15) is 0 Å². The van der Waals surface area contributed by atoms with E-state index in [-0.39, 0.29) is 5.91 Å². The highest BCUT2D eigenvalue weighted by molar-refractivity contribution is 5.94. The summed E-state index contributed by atoms with van der Waals surface area (Å²) in [5.74, 6) is 2.43. The first-order valence-corrected chi connectivity index (χ1v) is 12.2. The van der Waals surface area contributed by atoms with Gasteiger partial charge in [-0.1, -0.05) is 56.3 Å². The van der Waals surface area contributed by atoms with Crippen molar-refractivity contribution in [3.63, 3.8) is 0 Å². The van der Waals surface area contributed by atoms with Gasteiger partial charge in [0.15, 0.2) is 0 Å². The molecule has 34 heavy (non-hydrogen) atoms. The van der Waals surface area contributed by atoms with E-state index in [1.54, 1.807) is 0 Å². The van der Waals surface area contributed by atoms with Crippen LogP contribution in [0.2, 0.25) is 0 Å². The summed E-state index contributed by atoms with van der Waals surface area (Å²) in [6.07, 6.45) is 2.74. The van der Waals surface area contributed by atoms with E-state index >= 15 is 0 Å². The summed E-state index contributed by atoms with van der Waals surface area (Å²) in [6, 6.07) is 25.9. The Hall–Kier alpha value is -3.60. The van der Waals surface area contributed by atoms with E-state index in [0.717, 1.165) is 48.4 Å². The zero-order valence-electron chi connectivity index (χ0n) is 20.0. The Bertz CT molecular complexity index is 1200.